The summed E-state index contributed by atoms with van der Waals surface area (Å²) in [4.78, 5) is 21.9. The van der Waals surface area contributed by atoms with Gasteiger partial charge in [-0.1, -0.05) is 0 Å². The first-order chi connectivity index (χ1) is 7.51. The van der Waals surface area contributed by atoms with E-state index in [1.54, 1.807) is 0 Å². The van der Waals surface area contributed by atoms with Crippen LogP contribution < -0.4 is 0 Å². The van der Waals surface area contributed by atoms with E-state index >= 15 is 0 Å². The molecule has 0 radical (unpaired) electrons. The number of ether oxygens (including phenoxy) is 2. The topological polar surface area (TPSA) is 59.1 Å². The molecule has 0 heterocycles. The van der Waals surface area contributed by atoms with Gasteiger partial charge in [-0.05, 0) is 0 Å². The molecule has 16 heavy (non-hydrogen) atoms. The summed E-state index contributed by atoms with van der Waals surface area (Å²) in [5.41, 5.74) is 0. The predicted octanol–water partition coefficient (Wildman–Crippen LogP) is -0.109. The third kappa shape index (κ3) is 6.36. The predicted molar refractivity (Wildman–Crippen MR) is 58.5 cm³/mol. The van der Waals surface area contributed by atoms with Gasteiger partial charge < -0.3 is 9.47 Å². The molecule has 0 rings (SSSR count). The average molecular weight is 232 g/mol. The first kappa shape index (κ1) is 14.9. The van der Waals surface area contributed by atoms with Crippen LogP contribution in [0.4, 0.5) is 0 Å². The van der Waals surface area contributed by atoms with Crippen LogP contribution in [0.25, 0.3) is 0 Å². The number of nitrogens with zero attached hydrogens (tertiary/aromatic N) is 2. The fourth-order valence-corrected chi connectivity index (χ4v) is 1.16. The van der Waals surface area contributed by atoms with Gasteiger partial charge >= 0.3 is 11.9 Å². The van der Waals surface area contributed by atoms with Crippen molar-refractivity contribution in [3.63, 3.8) is 0 Å². The quantitative estimate of drug-likeness (QED) is 0.451. The Balaban J connectivity index is 3.98. The summed E-state index contributed by atoms with van der Waals surface area (Å²) in [6, 6.07) is 0. The minimum Gasteiger partial charge on any atom is -0.469 e. The van der Waals surface area contributed by atoms with Crippen LogP contribution in [0.1, 0.15) is 12.8 Å². The van der Waals surface area contributed by atoms with Gasteiger partial charge in [0.2, 0.25) is 0 Å². The minimum atomic E-state index is -0.259. The Morgan fingerprint density at radius 3 is 1.56 bits per heavy atom. The maximum atomic E-state index is 11.0. The Labute approximate surface area is 96.1 Å². The van der Waals surface area contributed by atoms with Gasteiger partial charge in [0.25, 0.3) is 0 Å². The van der Waals surface area contributed by atoms with Crippen LogP contribution in [0.5, 0.6) is 0 Å². The first-order valence-electron chi connectivity index (χ1n) is 5.07. The highest BCUT2D eigenvalue weighted by atomic mass is 16.5. The van der Waals surface area contributed by atoms with Crippen LogP contribution in [0.3, 0.4) is 0 Å². The molecule has 6 nitrogen and oxygen atoms in total. The second-order valence-electron chi connectivity index (χ2n) is 3.45. The maximum absolute atomic E-state index is 11.0. The number of hydrazine groups is 1. The molecule has 0 fully saturated rings. The molecule has 0 aromatic carbocycles. The summed E-state index contributed by atoms with van der Waals surface area (Å²) in [5, 5.41) is 3.72. The smallest absolute Gasteiger partial charge is 0.306 e. The average Bonchev–Trinajstić information content (AvgIpc) is 2.27. The van der Waals surface area contributed by atoms with E-state index in [1.165, 1.54) is 14.2 Å². The summed E-state index contributed by atoms with van der Waals surface area (Å²) in [6.07, 6.45) is 0.603. The van der Waals surface area contributed by atoms with Crippen molar-refractivity contribution in [1.82, 2.24) is 10.0 Å². The molecule has 0 aliphatic rings. The van der Waals surface area contributed by atoms with Gasteiger partial charge in [-0.2, -0.15) is 0 Å². The van der Waals surface area contributed by atoms with Gasteiger partial charge in [-0.15, -0.1) is 0 Å². The molecule has 0 atom stereocenters. The maximum Gasteiger partial charge on any atom is 0.306 e. The van der Waals surface area contributed by atoms with Crippen LogP contribution >= 0.6 is 0 Å². The van der Waals surface area contributed by atoms with Gasteiger partial charge in [0.15, 0.2) is 0 Å². The molecule has 94 valence electrons. The molecule has 0 bridgehead atoms. The van der Waals surface area contributed by atoms with E-state index in [0.29, 0.717) is 25.9 Å². The Bertz CT molecular complexity index is 211. The molecule has 0 saturated heterocycles. The summed E-state index contributed by atoms with van der Waals surface area (Å²) >= 11 is 0. The van der Waals surface area contributed by atoms with Gasteiger partial charge in [-0.3, -0.25) is 9.59 Å². The Hall–Kier alpha value is -1.14. The number of esters is 2. The second kappa shape index (κ2) is 8.06. The number of rotatable bonds is 7. The van der Waals surface area contributed by atoms with E-state index in [1.807, 2.05) is 24.1 Å². The summed E-state index contributed by atoms with van der Waals surface area (Å²) < 4.78 is 9.10. The van der Waals surface area contributed by atoms with E-state index in [0.717, 1.165) is 0 Å². The van der Waals surface area contributed by atoms with Crippen molar-refractivity contribution in [3.05, 3.63) is 0 Å². The van der Waals surface area contributed by atoms with Gasteiger partial charge in [0, 0.05) is 27.2 Å². The summed E-state index contributed by atoms with van der Waals surface area (Å²) in [5.74, 6) is -0.519. The van der Waals surface area contributed by atoms with Crippen LogP contribution in [-0.2, 0) is 19.1 Å². The number of hydrogen-bond donors (Lipinski definition) is 0. The van der Waals surface area contributed by atoms with E-state index < -0.39 is 0 Å². The SMILES string of the molecule is COC(=O)CCN(CCC(=O)OC)N(C)C. The molecule has 6 heteroatoms. The van der Waals surface area contributed by atoms with E-state index in [2.05, 4.69) is 9.47 Å². The molecule has 0 aromatic heterocycles. The van der Waals surface area contributed by atoms with E-state index in [4.69, 9.17) is 0 Å². The summed E-state index contributed by atoms with van der Waals surface area (Å²) in [6.45, 7) is 1.05. The van der Waals surface area contributed by atoms with Crippen molar-refractivity contribution >= 4 is 11.9 Å². The van der Waals surface area contributed by atoms with Crippen molar-refractivity contribution in [3.8, 4) is 0 Å². The molecule has 0 aliphatic carbocycles. The first-order valence-corrected chi connectivity index (χ1v) is 5.07. The standard InChI is InChI=1S/C10H20N2O4/c1-11(2)12(7-5-9(13)15-3)8-6-10(14)16-4/h5-8H2,1-4H3. The molecular weight excluding hydrogens is 212 g/mol. The lowest BCUT2D eigenvalue weighted by atomic mass is 10.3. The zero-order chi connectivity index (χ0) is 12.6. The molecule has 0 amide bonds. The third-order valence-corrected chi connectivity index (χ3v) is 2.17. The van der Waals surface area contributed by atoms with Gasteiger partial charge in [0.1, 0.15) is 0 Å². The molecule has 0 aliphatic heterocycles. The molecule has 0 aromatic rings. The van der Waals surface area contributed by atoms with Gasteiger partial charge in [-0.25, -0.2) is 10.0 Å². The molecule has 0 spiro atoms. The van der Waals surface area contributed by atoms with Gasteiger partial charge in [0.05, 0.1) is 27.1 Å². The fraction of sp³-hybridized carbons (Fsp3) is 0.800. The van der Waals surface area contributed by atoms with Crippen molar-refractivity contribution in [2.24, 2.45) is 0 Å². The van der Waals surface area contributed by atoms with Crippen molar-refractivity contribution < 1.29 is 19.1 Å². The lowest BCUT2D eigenvalue weighted by Gasteiger charge is -2.27. The van der Waals surface area contributed by atoms with Crippen LogP contribution in [0, 0.1) is 0 Å². The lowest BCUT2D eigenvalue weighted by molar-refractivity contribution is -0.142. The third-order valence-electron chi connectivity index (χ3n) is 2.17. The molecule has 0 unspecified atom stereocenters. The summed E-state index contributed by atoms with van der Waals surface area (Å²) in [7, 11) is 6.43. The van der Waals surface area contributed by atoms with Crippen LogP contribution in [0.15, 0.2) is 0 Å². The number of methoxy groups -OCH3 is 2. The van der Waals surface area contributed by atoms with Crippen molar-refractivity contribution in [2.75, 3.05) is 41.4 Å². The highest BCUT2D eigenvalue weighted by Gasteiger charge is 2.12. The number of hydrogen-bond acceptors (Lipinski definition) is 6. The largest absolute Gasteiger partial charge is 0.469 e. The molecular formula is C10H20N2O4. The van der Waals surface area contributed by atoms with E-state index in [9.17, 15) is 9.59 Å². The van der Waals surface area contributed by atoms with Crippen LogP contribution in [0.2, 0.25) is 0 Å². The normalized spacial score (nSPS) is 10.6. The number of carbonyl (C=O) groups excluding carboxylic acids is 2. The molecule has 0 saturated carbocycles. The highest BCUT2D eigenvalue weighted by Crippen LogP contribution is 1.98. The minimum absolute atomic E-state index is 0.259. The highest BCUT2D eigenvalue weighted by molar-refractivity contribution is 5.70. The molecule has 0 N–H and O–H groups in total. The second-order valence-corrected chi connectivity index (χ2v) is 3.45. The Morgan fingerprint density at radius 1 is 0.938 bits per heavy atom. The van der Waals surface area contributed by atoms with Crippen LogP contribution in [-0.4, -0.2) is 63.4 Å². The monoisotopic (exact) mass is 232 g/mol. The zero-order valence-electron chi connectivity index (χ0n) is 10.4. The van der Waals surface area contributed by atoms with Crippen molar-refractivity contribution in [2.45, 2.75) is 12.8 Å². The van der Waals surface area contributed by atoms with Crippen molar-refractivity contribution in [1.29, 1.82) is 0 Å². The number of carbonyl (C=O) groups is 2. The lowest BCUT2D eigenvalue weighted by Crippen LogP contribution is -2.40. The Morgan fingerprint density at radius 2 is 1.31 bits per heavy atom. The fourth-order valence-electron chi connectivity index (χ4n) is 1.16. The van der Waals surface area contributed by atoms with E-state index in [-0.39, 0.29) is 11.9 Å². The zero-order valence-corrected chi connectivity index (χ0v) is 10.4. The Kier molecular flexibility index (Phi) is 7.49.